The number of aliphatic carboxylic acids is 1. The molecular weight excluding hydrogens is 254 g/mol. The van der Waals surface area contributed by atoms with Crippen molar-refractivity contribution < 1.29 is 14.7 Å². The van der Waals surface area contributed by atoms with Gasteiger partial charge in [0.05, 0.1) is 5.92 Å². The molecule has 1 aromatic carbocycles. The summed E-state index contributed by atoms with van der Waals surface area (Å²) in [7, 11) is 0. The zero-order valence-corrected chi connectivity index (χ0v) is 11.8. The van der Waals surface area contributed by atoms with Gasteiger partial charge < -0.3 is 10.4 Å². The Bertz CT molecular complexity index is 498. The molecule has 1 saturated carbocycles. The Labute approximate surface area is 119 Å². The fourth-order valence-corrected chi connectivity index (χ4v) is 2.76. The summed E-state index contributed by atoms with van der Waals surface area (Å²) in [4.78, 5) is 22.7. The fraction of sp³-hybridized carbons (Fsp3) is 0.500. The molecule has 0 saturated heterocycles. The number of carbonyl (C=O) groups excluding carboxylic acids is 1. The second-order valence-electron chi connectivity index (χ2n) is 5.60. The van der Waals surface area contributed by atoms with Gasteiger partial charge >= 0.3 is 5.97 Å². The van der Waals surface area contributed by atoms with Gasteiger partial charge in [-0.3, -0.25) is 9.59 Å². The normalized spacial score (nSPS) is 21.6. The lowest BCUT2D eigenvalue weighted by Crippen LogP contribution is -2.33. The molecule has 0 heterocycles. The highest BCUT2D eigenvalue weighted by Gasteiger charge is 2.30. The molecule has 1 amide bonds. The van der Waals surface area contributed by atoms with Crippen LogP contribution >= 0.6 is 0 Å². The van der Waals surface area contributed by atoms with Crippen LogP contribution in [0.1, 0.15) is 36.8 Å². The Morgan fingerprint density at radius 2 is 2.15 bits per heavy atom. The lowest BCUT2D eigenvalue weighted by molar-refractivity contribution is -0.141. The van der Waals surface area contributed by atoms with Gasteiger partial charge in [0.2, 0.25) is 5.91 Å². The highest BCUT2D eigenvalue weighted by molar-refractivity contribution is 5.77. The summed E-state index contributed by atoms with van der Waals surface area (Å²) in [6.45, 7) is 2.04. The van der Waals surface area contributed by atoms with Gasteiger partial charge in [-0.2, -0.15) is 0 Å². The number of nitrogens with one attached hydrogen (secondary N) is 1. The number of benzene rings is 1. The monoisotopic (exact) mass is 275 g/mol. The number of hydrogen-bond donors (Lipinski definition) is 2. The van der Waals surface area contributed by atoms with Crippen molar-refractivity contribution in [2.24, 2.45) is 5.92 Å². The van der Waals surface area contributed by atoms with Crippen molar-refractivity contribution in [3.63, 3.8) is 0 Å². The van der Waals surface area contributed by atoms with Crippen LogP contribution in [0.5, 0.6) is 0 Å². The third-order valence-electron chi connectivity index (χ3n) is 3.87. The molecular formula is C16H21NO3. The lowest BCUT2D eigenvalue weighted by Gasteiger charge is -2.12. The van der Waals surface area contributed by atoms with Gasteiger partial charge in [0, 0.05) is 12.5 Å². The molecule has 1 fully saturated rings. The van der Waals surface area contributed by atoms with Gasteiger partial charge in [-0.1, -0.05) is 29.8 Å². The van der Waals surface area contributed by atoms with E-state index in [0.717, 1.165) is 18.4 Å². The van der Waals surface area contributed by atoms with Gasteiger partial charge in [-0.15, -0.1) is 0 Å². The van der Waals surface area contributed by atoms with Crippen molar-refractivity contribution in [2.75, 3.05) is 0 Å². The van der Waals surface area contributed by atoms with E-state index in [1.165, 1.54) is 5.56 Å². The first-order chi connectivity index (χ1) is 9.54. The third kappa shape index (κ3) is 4.08. The summed E-state index contributed by atoms with van der Waals surface area (Å²) in [5.74, 6) is -1.03. The van der Waals surface area contributed by atoms with Gasteiger partial charge in [0.15, 0.2) is 0 Å². The van der Waals surface area contributed by atoms with Gasteiger partial charge in [0.1, 0.15) is 0 Å². The van der Waals surface area contributed by atoms with Crippen molar-refractivity contribution in [3.05, 3.63) is 35.4 Å². The average molecular weight is 275 g/mol. The van der Waals surface area contributed by atoms with E-state index in [1.54, 1.807) is 0 Å². The van der Waals surface area contributed by atoms with Crippen molar-refractivity contribution >= 4 is 11.9 Å². The summed E-state index contributed by atoms with van der Waals surface area (Å²) < 4.78 is 0. The van der Waals surface area contributed by atoms with E-state index in [2.05, 4.69) is 11.4 Å². The number of hydrogen-bond acceptors (Lipinski definition) is 2. The minimum absolute atomic E-state index is 0.0162. The second kappa shape index (κ2) is 6.55. The summed E-state index contributed by atoms with van der Waals surface area (Å²) in [6.07, 6.45) is 3.18. The SMILES string of the molecule is Cc1cccc(CCC(=O)N[C@H]2CC[C@@H](C(=O)O)C2)c1. The van der Waals surface area contributed by atoms with E-state index in [0.29, 0.717) is 19.3 Å². The predicted molar refractivity (Wildman–Crippen MR) is 76.4 cm³/mol. The molecule has 108 valence electrons. The van der Waals surface area contributed by atoms with E-state index in [1.807, 2.05) is 25.1 Å². The summed E-state index contributed by atoms with van der Waals surface area (Å²) in [6, 6.07) is 8.17. The van der Waals surface area contributed by atoms with Crippen LogP contribution in [0.4, 0.5) is 0 Å². The van der Waals surface area contributed by atoms with E-state index in [4.69, 9.17) is 5.11 Å². The average Bonchev–Trinajstić information content (AvgIpc) is 2.85. The van der Waals surface area contributed by atoms with Crippen LogP contribution in [-0.4, -0.2) is 23.0 Å². The molecule has 0 aromatic heterocycles. The Hall–Kier alpha value is -1.84. The minimum atomic E-state index is -0.749. The maximum absolute atomic E-state index is 11.9. The Morgan fingerprint density at radius 1 is 1.35 bits per heavy atom. The minimum Gasteiger partial charge on any atom is -0.481 e. The fourth-order valence-electron chi connectivity index (χ4n) is 2.76. The van der Waals surface area contributed by atoms with Crippen molar-refractivity contribution in [1.29, 1.82) is 0 Å². The van der Waals surface area contributed by atoms with Crippen molar-refractivity contribution in [3.8, 4) is 0 Å². The van der Waals surface area contributed by atoms with Crippen LogP contribution < -0.4 is 5.32 Å². The molecule has 2 atom stereocenters. The number of carboxylic acids is 1. The quantitative estimate of drug-likeness (QED) is 0.866. The molecule has 2 rings (SSSR count). The molecule has 4 nitrogen and oxygen atoms in total. The first-order valence-corrected chi connectivity index (χ1v) is 7.12. The third-order valence-corrected chi connectivity index (χ3v) is 3.87. The molecule has 0 bridgehead atoms. The van der Waals surface area contributed by atoms with Crippen molar-refractivity contribution in [1.82, 2.24) is 5.32 Å². The largest absolute Gasteiger partial charge is 0.481 e. The standard InChI is InChI=1S/C16H21NO3/c1-11-3-2-4-12(9-11)5-8-15(18)17-14-7-6-13(10-14)16(19)20/h2-4,9,13-14H,5-8,10H2,1H3,(H,17,18)(H,19,20)/t13-,14+/m1/s1. The van der Waals surface area contributed by atoms with Crippen molar-refractivity contribution in [2.45, 2.75) is 45.1 Å². The first-order valence-electron chi connectivity index (χ1n) is 7.12. The van der Waals surface area contributed by atoms with Gasteiger partial charge in [-0.05, 0) is 38.2 Å². The molecule has 0 radical (unpaired) electrons. The molecule has 1 aliphatic carbocycles. The number of carboxylic acid groups (broad SMARTS) is 1. The summed E-state index contributed by atoms with van der Waals surface area (Å²) in [5, 5.41) is 11.9. The molecule has 0 aliphatic heterocycles. The van der Waals surface area contributed by atoms with Crippen LogP contribution in [0.3, 0.4) is 0 Å². The first kappa shape index (κ1) is 14.6. The van der Waals surface area contributed by atoms with Crippen LogP contribution in [-0.2, 0) is 16.0 Å². The molecule has 4 heteroatoms. The van der Waals surface area contributed by atoms with Gasteiger partial charge in [-0.25, -0.2) is 0 Å². The predicted octanol–water partition coefficient (Wildman–Crippen LogP) is 2.30. The summed E-state index contributed by atoms with van der Waals surface area (Å²) in [5.41, 5.74) is 2.36. The maximum atomic E-state index is 11.9. The maximum Gasteiger partial charge on any atom is 0.306 e. The molecule has 2 N–H and O–H groups in total. The van der Waals surface area contributed by atoms with Crippen LogP contribution in [0.25, 0.3) is 0 Å². The van der Waals surface area contributed by atoms with E-state index in [-0.39, 0.29) is 17.9 Å². The smallest absolute Gasteiger partial charge is 0.306 e. The molecule has 1 aliphatic rings. The van der Waals surface area contributed by atoms with Crippen LogP contribution in [0.2, 0.25) is 0 Å². The lowest BCUT2D eigenvalue weighted by atomic mass is 10.1. The highest BCUT2D eigenvalue weighted by atomic mass is 16.4. The van der Waals surface area contributed by atoms with E-state index < -0.39 is 5.97 Å². The second-order valence-corrected chi connectivity index (χ2v) is 5.60. The van der Waals surface area contributed by atoms with E-state index in [9.17, 15) is 9.59 Å². The molecule has 0 spiro atoms. The Morgan fingerprint density at radius 3 is 2.80 bits per heavy atom. The number of carbonyl (C=O) groups is 2. The van der Waals surface area contributed by atoms with Gasteiger partial charge in [0.25, 0.3) is 0 Å². The van der Waals surface area contributed by atoms with Crippen LogP contribution in [0, 0.1) is 12.8 Å². The Balaban J connectivity index is 1.75. The zero-order chi connectivity index (χ0) is 14.5. The molecule has 1 aromatic rings. The van der Waals surface area contributed by atoms with E-state index >= 15 is 0 Å². The zero-order valence-electron chi connectivity index (χ0n) is 11.8. The topological polar surface area (TPSA) is 66.4 Å². The summed E-state index contributed by atoms with van der Waals surface area (Å²) >= 11 is 0. The highest BCUT2D eigenvalue weighted by Crippen LogP contribution is 2.25. The molecule has 0 unspecified atom stereocenters. The molecule has 20 heavy (non-hydrogen) atoms. The number of amides is 1. The number of aryl methyl sites for hydroxylation is 2. The Kier molecular flexibility index (Phi) is 4.77. The number of rotatable bonds is 5. The van der Waals surface area contributed by atoms with Crippen LogP contribution in [0.15, 0.2) is 24.3 Å².